The van der Waals surface area contributed by atoms with Crippen molar-refractivity contribution in [3.63, 3.8) is 0 Å². The molecule has 1 heterocycles. The van der Waals surface area contributed by atoms with Gasteiger partial charge in [-0.25, -0.2) is 0 Å². The van der Waals surface area contributed by atoms with Crippen molar-refractivity contribution in [3.8, 4) is 0 Å². The second-order valence-corrected chi connectivity index (χ2v) is 4.47. The molecule has 1 aliphatic rings. The molecule has 76 valence electrons. The van der Waals surface area contributed by atoms with Gasteiger partial charge < -0.3 is 10.6 Å². The Bertz CT molecular complexity index is 194. The quantitative estimate of drug-likeness (QED) is 0.670. The summed E-state index contributed by atoms with van der Waals surface area (Å²) in [6, 6.07) is 0.405. The van der Waals surface area contributed by atoms with Crippen LogP contribution < -0.4 is 10.6 Å². The highest BCUT2D eigenvalue weighted by atomic mass is 35.5. The molecule has 1 amide bonds. The van der Waals surface area contributed by atoms with E-state index in [0.717, 1.165) is 12.8 Å². The maximum Gasteiger partial charge on any atom is 0.234 e. The standard InChI is InChI=1S/C9H17ClN2O/c1-9(2)4-3-7(12-9)6-11-8(13)5-10/h7,12H,3-6H2,1-2H3,(H,11,13). The fourth-order valence-electron chi connectivity index (χ4n) is 1.67. The van der Waals surface area contributed by atoms with Crippen LogP contribution in [0.25, 0.3) is 0 Å². The van der Waals surface area contributed by atoms with Crippen LogP contribution in [0.1, 0.15) is 26.7 Å². The molecule has 1 atom stereocenters. The summed E-state index contributed by atoms with van der Waals surface area (Å²) in [5.41, 5.74) is 0.219. The van der Waals surface area contributed by atoms with E-state index >= 15 is 0 Å². The van der Waals surface area contributed by atoms with Gasteiger partial charge >= 0.3 is 0 Å². The number of nitrogens with one attached hydrogen (secondary N) is 2. The van der Waals surface area contributed by atoms with Crippen LogP contribution in [-0.2, 0) is 4.79 Å². The number of halogens is 1. The first-order valence-electron chi connectivity index (χ1n) is 4.64. The molecule has 0 aliphatic carbocycles. The first-order chi connectivity index (χ1) is 6.03. The highest BCUT2D eigenvalue weighted by Crippen LogP contribution is 2.21. The molecule has 1 saturated heterocycles. The minimum Gasteiger partial charge on any atom is -0.354 e. The van der Waals surface area contributed by atoms with Crippen molar-refractivity contribution in [2.45, 2.75) is 38.3 Å². The Labute approximate surface area is 84.2 Å². The third-order valence-corrected chi connectivity index (χ3v) is 2.62. The van der Waals surface area contributed by atoms with Gasteiger partial charge in [0.1, 0.15) is 5.88 Å². The number of rotatable bonds is 3. The highest BCUT2D eigenvalue weighted by Gasteiger charge is 2.29. The average Bonchev–Trinajstić information content (AvgIpc) is 2.41. The molecule has 0 aromatic rings. The fraction of sp³-hybridized carbons (Fsp3) is 0.889. The van der Waals surface area contributed by atoms with Crippen LogP contribution in [0.2, 0.25) is 0 Å². The molecule has 13 heavy (non-hydrogen) atoms. The zero-order chi connectivity index (χ0) is 9.90. The third-order valence-electron chi connectivity index (χ3n) is 2.38. The SMILES string of the molecule is CC1(C)CCC(CNC(=O)CCl)N1. The predicted molar refractivity (Wildman–Crippen MR) is 54.0 cm³/mol. The number of alkyl halides is 1. The molecule has 0 aromatic heterocycles. The van der Waals surface area contributed by atoms with Gasteiger partial charge in [-0.1, -0.05) is 0 Å². The molecular formula is C9H17ClN2O. The molecule has 3 nitrogen and oxygen atoms in total. The van der Waals surface area contributed by atoms with E-state index in [1.807, 2.05) is 0 Å². The summed E-state index contributed by atoms with van der Waals surface area (Å²) >= 11 is 5.36. The third kappa shape index (κ3) is 3.53. The van der Waals surface area contributed by atoms with E-state index in [1.165, 1.54) is 0 Å². The lowest BCUT2D eigenvalue weighted by molar-refractivity contribution is -0.118. The summed E-state index contributed by atoms with van der Waals surface area (Å²) in [5, 5.41) is 6.23. The van der Waals surface area contributed by atoms with E-state index in [-0.39, 0.29) is 17.3 Å². The molecule has 0 bridgehead atoms. The number of hydrogen-bond donors (Lipinski definition) is 2. The molecule has 4 heteroatoms. The van der Waals surface area contributed by atoms with Crippen LogP contribution >= 0.6 is 11.6 Å². The maximum absolute atomic E-state index is 10.9. The van der Waals surface area contributed by atoms with Crippen LogP contribution in [0.15, 0.2) is 0 Å². The number of amides is 1. The summed E-state index contributed by atoms with van der Waals surface area (Å²) in [7, 11) is 0. The van der Waals surface area contributed by atoms with Gasteiger partial charge in [-0.2, -0.15) is 0 Å². The average molecular weight is 205 g/mol. The largest absolute Gasteiger partial charge is 0.354 e. The van der Waals surface area contributed by atoms with E-state index in [1.54, 1.807) is 0 Å². The summed E-state index contributed by atoms with van der Waals surface area (Å²) in [6.07, 6.45) is 2.28. The first-order valence-corrected chi connectivity index (χ1v) is 5.17. The molecule has 0 saturated carbocycles. The van der Waals surface area contributed by atoms with E-state index in [4.69, 9.17) is 11.6 Å². The van der Waals surface area contributed by atoms with Gasteiger partial charge in [-0.3, -0.25) is 4.79 Å². The smallest absolute Gasteiger partial charge is 0.234 e. The Morgan fingerprint density at radius 3 is 2.85 bits per heavy atom. The van der Waals surface area contributed by atoms with Gasteiger partial charge in [0.15, 0.2) is 0 Å². The minimum absolute atomic E-state index is 0.0517. The molecule has 1 fully saturated rings. The zero-order valence-corrected chi connectivity index (χ0v) is 8.95. The Hall–Kier alpha value is -0.280. The molecular weight excluding hydrogens is 188 g/mol. The molecule has 1 rings (SSSR count). The van der Waals surface area contributed by atoms with Crippen LogP contribution in [-0.4, -0.2) is 29.9 Å². The molecule has 1 unspecified atom stereocenters. The van der Waals surface area contributed by atoms with Crippen molar-refractivity contribution in [2.75, 3.05) is 12.4 Å². The summed E-state index contributed by atoms with van der Waals surface area (Å²) < 4.78 is 0. The first kappa shape index (κ1) is 10.8. The van der Waals surface area contributed by atoms with Gasteiger partial charge in [0.2, 0.25) is 5.91 Å². The van der Waals surface area contributed by atoms with Gasteiger partial charge in [0, 0.05) is 18.1 Å². The van der Waals surface area contributed by atoms with Gasteiger partial charge in [-0.15, -0.1) is 11.6 Å². The zero-order valence-electron chi connectivity index (χ0n) is 8.19. The number of carbonyl (C=O) groups is 1. The molecule has 2 N–H and O–H groups in total. The lowest BCUT2D eigenvalue weighted by atomic mass is 10.0. The molecule has 1 aliphatic heterocycles. The van der Waals surface area contributed by atoms with Crippen LogP contribution in [0.4, 0.5) is 0 Å². The van der Waals surface area contributed by atoms with Crippen molar-refractivity contribution in [1.29, 1.82) is 0 Å². The van der Waals surface area contributed by atoms with Gasteiger partial charge in [0.25, 0.3) is 0 Å². The van der Waals surface area contributed by atoms with Gasteiger partial charge in [-0.05, 0) is 26.7 Å². The van der Waals surface area contributed by atoms with E-state index in [0.29, 0.717) is 12.6 Å². The Morgan fingerprint density at radius 2 is 2.38 bits per heavy atom. The van der Waals surface area contributed by atoms with Crippen LogP contribution in [0.3, 0.4) is 0 Å². The Morgan fingerprint density at radius 1 is 1.69 bits per heavy atom. The van der Waals surface area contributed by atoms with E-state index in [9.17, 15) is 4.79 Å². The lowest BCUT2D eigenvalue weighted by Crippen LogP contribution is -2.43. The molecule has 0 spiro atoms. The second kappa shape index (κ2) is 4.29. The normalized spacial score (nSPS) is 25.9. The predicted octanol–water partition coefficient (Wildman–Crippen LogP) is 0.872. The van der Waals surface area contributed by atoms with Crippen molar-refractivity contribution in [1.82, 2.24) is 10.6 Å². The Balaban J connectivity index is 2.21. The highest BCUT2D eigenvalue weighted by molar-refractivity contribution is 6.27. The van der Waals surface area contributed by atoms with Crippen LogP contribution in [0.5, 0.6) is 0 Å². The fourth-order valence-corrected chi connectivity index (χ4v) is 1.76. The summed E-state index contributed by atoms with van der Waals surface area (Å²) in [5.74, 6) is -0.0380. The van der Waals surface area contributed by atoms with E-state index in [2.05, 4.69) is 24.5 Å². The van der Waals surface area contributed by atoms with Gasteiger partial charge in [0.05, 0.1) is 0 Å². The van der Waals surface area contributed by atoms with Crippen LogP contribution in [0, 0.1) is 0 Å². The molecule has 0 radical (unpaired) electrons. The van der Waals surface area contributed by atoms with Crippen molar-refractivity contribution < 1.29 is 4.79 Å². The maximum atomic E-state index is 10.9. The van der Waals surface area contributed by atoms with Crippen molar-refractivity contribution >= 4 is 17.5 Å². The summed E-state index contributed by atoms with van der Waals surface area (Å²) in [4.78, 5) is 10.9. The summed E-state index contributed by atoms with van der Waals surface area (Å²) in [6.45, 7) is 5.04. The second-order valence-electron chi connectivity index (χ2n) is 4.20. The number of carbonyl (C=O) groups excluding carboxylic acids is 1. The molecule has 0 aromatic carbocycles. The van der Waals surface area contributed by atoms with Crippen molar-refractivity contribution in [2.24, 2.45) is 0 Å². The minimum atomic E-state index is -0.0897. The number of hydrogen-bond acceptors (Lipinski definition) is 2. The Kier molecular flexibility index (Phi) is 3.56. The monoisotopic (exact) mass is 204 g/mol. The topological polar surface area (TPSA) is 41.1 Å². The van der Waals surface area contributed by atoms with E-state index < -0.39 is 0 Å². The van der Waals surface area contributed by atoms with Crippen molar-refractivity contribution in [3.05, 3.63) is 0 Å². The lowest BCUT2D eigenvalue weighted by Gasteiger charge is -2.20.